The van der Waals surface area contributed by atoms with E-state index in [1.807, 2.05) is 29.2 Å². The number of hydrogen-bond donors (Lipinski definition) is 2. The van der Waals surface area contributed by atoms with Gasteiger partial charge in [-0.3, -0.25) is 0 Å². The molecule has 1 saturated heterocycles. The van der Waals surface area contributed by atoms with Crippen molar-refractivity contribution < 1.29 is 4.79 Å². The zero-order valence-corrected chi connectivity index (χ0v) is 14.6. The Kier molecular flexibility index (Phi) is 4.73. The summed E-state index contributed by atoms with van der Waals surface area (Å²) in [6, 6.07) is 7.59. The lowest BCUT2D eigenvalue weighted by atomic mass is 9.77. The molecule has 0 unspecified atom stereocenters. The van der Waals surface area contributed by atoms with Gasteiger partial charge in [-0.15, -0.1) is 0 Å². The Hall–Kier alpha value is -1.26. The van der Waals surface area contributed by atoms with Crippen LogP contribution >= 0.6 is 11.6 Å². The number of urea groups is 1. The molecular formula is C17H26ClN3O. The van der Waals surface area contributed by atoms with Gasteiger partial charge in [0.25, 0.3) is 0 Å². The molecule has 2 amide bonds. The van der Waals surface area contributed by atoms with E-state index in [-0.39, 0.29) is 23.2 Å². The first-order valence-corrected chi connectivity index (χ1v) is 8.08. The van der Waals surface area contributed by atoms with E-state index in [0.29, 0.717) is 11.6 Å². The Labute approximate surface area is 138 Å². The fourth-order valence-corrected chi connectivity index (χ4v) is 3.89. The zero-order valence-electron chi connectivity index (χ0n) is 13.8. The number of halogens is 1. The van der Waals surface area contributed by atoms with Crippen molar-refractivity contribution in [2.24, 2.45) is 5.73 Å². The Bertz CT molecular complexity index is 521. The van der Waals surface area contributed by atoms with Crippen molar-refractivity contribution in [3.8, 4) is 0 Å². The van der Waals surface area contributed by atoms with Crippen molar-refractivity contribution >= 4 is 17.6 Å². The summed E-state index contributed by atoms with van der Waals surface area (Å²) in [5, 5.41) is 3.71. The molecule has 1 aliphatic heterocycles. The first-order chi connectivity index (χ1) is 10.1. The van der Waals surface area contributed by atoms with Crippen LogP contribution in [0, 0.1) is 0 Å². The molecule has 2 rings (SSSR count). The molecule has 122 valence electrons. The van der Waals surface area contributed by atoms with Crippen molar-refractivity contribution in [1.29, 1.82) is 0 Å². The third-order valence-electron chi connectivity index (χ3n) is 4.29. The van der Waals surface area contributed by atoms with Crippen LogP contribution in [0.25, 0.3) is 0 Å². The van der Waals surface area contributed by atoms with Crippen molar-refractivity contribution in [2.75, 3.05) is 0 Å². The minimum atomic E-state index is -0.259. The summed E-state index contributed by atoms with van der Waals surface area (Å²) in [5.41, 5.74) is 6.67. The van der Waals surface area contributed by atoms with Crippen LogP contribution in [0.2, 0.25) is 5.02 Å². The molecule has 1 fully saturated rings. The number of nitrogens with two attached hydrogens (primary N) is 1. The van der Waals surface area contributed by atoms with Crippen LogP contribution in [-0.2, 0) is 6.54 Å². The monoisotopic (exact) mass is 323 g/mol. The molecule has 0 spiro atoms. The summed E-state index contributed by atoms with van der Waals surface area (Å²) < 4.78 is 0. The molecule has 0 bridgehead atoms. The number of carbonyl (C=O) groups is 1. The van der Waals surface area contributed by atoms with E-state index in [1.165, 1.54) is 0 Å². The molecule has 5 heteroatoms. The number of nitrogens with one attached hydrogen (secondary N) is 1. The van der Waals surface area contributed by atoms with Crippen molar-refractivity contribution in [1.82, 2.24) is 10.2 Å². The number of likely N-dealkylation sites (tertiary alicyclic amines) is 1. The van der Waals surface area contributed by atoms with Crippen molar-refractivity contribution in [3.05, 3.63) is 34.9 Å². The third-order valence-corrected chi connectivity index (χ3v) is 4.55. The number of piperidine rings is 1. The van der Waals surface area contributed by atoms with Crippen LogP contribution in [-0.4, -0.2) is 28.1 Å². The predicted octanol–water partition coefficient (Wildman–Crippen LogP) is 3.53. The van der Waals surface area contributed by atoms with Gasteiger partial charge in [0.05, 0.1) is 0 Å². The first kappa shape index (κ1) is 17.1. The average molecular weight is 324 g/mol. The van der Waals surface area contributed by atoms with E-state index in [0.717, 1.165) is 18.4 Å². The zero-order chi connectivity index (χ0) is 16.5. The highest BCUT2D eigenvalue weighted by atomic mass is 35.5. The lowest BCUT2D eigenvalue weighted by Crippen LogP contribution is -2.66. The standard InChI is InChI=1S/C17H26ClN3O/c1-16(2)9-14(19)10-17(3,4)21(16)15(22)20-11-12-5-7-13(18)8-6-12/h5-8,14H,9-11,19H2,1-4H3,(H,20,22). The second-order valence-electron chi connectivity index (χ2n) is 7.41. The van der Waals surface area contributed by atoms with Gasteiger partial charge in [0.1, 0.15) is 0 Å². The maximum Gasteiger partial charge on any atom is 0.318 e. The van der Waals surface area contributed by atoms with Crippen molar-refractivity contribution in [3.63, 3.8) is 0 Å². The van der Waals surface area contributed by atoms with E-state index in [4.69, 9.17) is 17.3 Å². The highest BCUT2D eigenvalue weighted by Gasteiger charge is 2.46. The van der Waals surface area contributed by atoms with Crippen LogP contribution in [0.1, 0.15) is 46.1 Å². The number of benzene rings is 1. The topological polar surface area (TPSA) is 58.4 Å². The fourth-order valence-electron chi connectivity index (χ4n) is 3.77. The average Bonchev–Trinajstić information content (AvgIpc) is 2.34. The van der Waals surface area contributed by atoms with Crippen LogP contribution < -0.4 is 11.1 Å². The van der Waals surface area contributed by atoms with Gasteiger partial charge in [-0.2, -0.15) is 0 Å². The first-order valence-electron chi connectivity index (χ1n) is 7.70. The van der Waals surface area contributed by atoms with Gasteiger partial charge in [-0.05, 0) is 58.2 Å². The molecule has 1 aromatic rings. The van der Waals surface area contributed by atoms with Crippen LogP contribution in [0.3, 0.4) is 0 Å². The molecule has 0 saturated carbocycles. The minimum Gasteiger partial charge on any atom is -0.334 e. The van der Waals surface area contributed by atoms with Crippen LogP contribution in [0.15, 0.2) is 24.3 Å². The van der Waals surface area contributed by atoms with Crippen LogP contribution in [0.4, 0.5) is 4.79 Å². The highest BCUT2D eigenvalue weighted by molar-refractivity contribution is 6.30. The molecule has 1 heterocycles. The third kappa shape index (κ3) is 3.73. The maximum absolute atomic E-state index is 12.7. The molecule has 0 aromatic heterocycles. The quantitative estimate of drug-likeness (QED) is 0.874. The summed E-state index contributed by atoms with van der Waals surface area (Å²) in [7, 11) is 0. The van der Waals surface area contributed by atoms with E-state index in [9.17, 15) is 4.79 Å². The molecular weight excluding hydrogens is 298 g/mol. The van der Waals surface area contributed by atoms with Gasteiger partial charge >= 0.3 is 6.03 Å². The molecule has 0 atom stereocenters. The summed E-state index contributed by atoms with van der Waals surface area (Å²) in [5.74, 6) is 0. The van der Waals surface area contributed by atoms with Gasteiger partial charge in [0.15, 0.2) is 0 Å². The Morgan fingerprint density at radius 3 is 2.23 bits per heavy atom. The second-order valence-corrected chi connectivity index (χ2v) is 7.85. The largest absolute Gasteiger partial charge is 0.334 e. The number of amides is 2. The number of rotatable bonds is 2. The van der Waals surface area contributed by atoms with Gasteiger partial charge in [-0.25, -0.2) is 4.79 Å². The molecule has 1 aliphatic rings. The Morgan fingerprint density at radius 1 is 1.23 bits per heavy atom. The summed E-state index contributed by atoms with van der Waals surface area (Å²) in [6.45, 7) is 8.81. The molecule has 0 radical (unpaired) electrons. The van der Waals surface area contributed by atoms with E-state index in [2.05, 4.69) is 33.0 Å². The fraction of sp³-hybridized carbons (Fsp3) is 0.588. The number of hydrogen-bond acceptors (Lipinski definition) is 2. The summed E-state index contributed by atoms with van der Waals surface area (Å²) in [6.07, 6.45) is 1.62. The van der Waals surface area contributed by atoms with Gasteiger partial charge in [0, 0.05) is 28.7 Å². The molecule has 4 nitrogen and oxygen atoms in total. The van der Waals surface area contributed by atoms with Crippen molar-refractivity contribution in [2.45, 2.75) is 64.2 Å². The maximum atomic E-state index is 12.7. The van der Waals surface area contributed by atoms with Gasteiger partial charge in [-0.1, -0.05) is 23.7 Å². The number of carbonyl (C=O) groups excluding carboxylic acids is 1. The number of nitrogens with zero attached hydrogens (tertiary/aromatic N) is 1. The van der Waals surface area contributed by atoms with Gasteiger partial charge < -0.3 is 16.0 Å². The van der Waals surface area contributed by atoms with E-state index >= 15 is 0 Å². The van der Waals surface area contributed by atoms with Gasteiger partial charge in [0.2, 0.25) is 0 Å². The summed E-state index contributed by atoms with van der Waals surface area (Å²) >= 11 is 5.88. The Balaban J connectivity index is 2.08. The second kappa shape index (κ2) is 6.09. The SMILES string of the molecule is CC1(C)CC(N)CC(C)(C)N1C(=O)NCc1ccc(Cl)cc1. The highest BCUT2D eigenvalue weighted by Crippen LogP contribution is 2.37. The normalized spacial score (nSPS) is 20.7. The molecule has 1 aromatic carbocycles. The molecule has 0 aliphatic carbocycles. The Morgan fingerprint density at radius 2 is 1.73 bits per heavy atom. The molecule has 3 N–H and O–H groups in total. The lowest BCUT2D eigenvalue weighted by Gasteiger charge is -2.54. The van der Waals surface area contributed by atoms with E-state index in [1.54, 1.807) is 0 Å². The summed E-state index contributed by atoms with van der Waals surface area (Å²) in [4.78, 5) is 14.7. The van der Waals surface area contributed by atoms with Crippen LogP contribution in [0.5, 0.6) is 0 Å². The predicted molar refractivity (Wildman–Crippen MR) is 90.9 cm³/mol. The smallest absolute Gasteiger partial charge is 0.318 e. The molecule has 22 heavy (non-hydrogen) atoms. The lowest BCUT2D eigenvalue weighted by molar-refractivity contribution is 0.00299. The minimum absolute atomic E-state index is 0.0446. The van der Waals surface area contributed by atoms with E-state index < -0.39 is 0 Å².